The molecule has 1 aliphatic carbocycles. The van der Waals surface area contributed by atoms with Gasteiger partial charge in [0.15, 0.2) is 6.61 Å². The standard InChI is InChI=1S/C26H26N2O5/c1-15-6-5-9-20-22(15)25(31)28(24(20)30)19-12-10-18(11-13-19)26(32)33-14-21(29)27-23-16(2)7-4-8-17(23)3/h4-8,10-13,15,20,22H,9,14H2,1-3H3,(H,27,29)/t15-,20-,22-/m1/s1. The van der Waals surface area contributed by atoms with Crippen molar-refractivity contribution >= 4 is 35.1 Å². The zero-order valence-electron chi connectivity index (χ0n) is 18.8. The van der Waals surface area contributed by atoms with E-state index in [-0.39, 0.29) is 35.1 Å². The van der Waals surface area contributed by atoms with Crippen molar-refractivity contribution in [3.05, 3.63) is 71.3 Å². The van der Waals surface area contributed by atoms with Crippen molar-refractivity contribution in [1.82, 2.24) is 0 Å². The predicted octanol–water partition coefficient (Wildman–Crippen LogP) is 3.80. The molecule has 3 amide bonds. The third-order valence-corrected chi connectivity index (χ3v) is 6.31. The van der Waals surface area contributed by atoms with E-state index in [1.165, 1.54) is 17.0 Å². The molecule has 0 aromatic heterocycles. The van der Waals surface area contributed by atoms with Crippen molar-refractivity contribution in [2.45, 2.75) is 27.2 Å². The Balaban J connectivity index is 1.38. The lowest BCUT2D eigenvalue weighted by atomic mass is 9.78. The Morgan fingerprint density at radius 2 is 1.70 bits per heavy atom. The highest BCUT2D eigenvalue weighted by atomic mass is 16.5. The molecule has 1 saturated heterocycles. The second-order valence-electron chi connectivity index (χ2n) is 8.61. The van der Waals surface area contributed by atoms with Gasteiger partial charge in [-0.2, -0.15) is 0 Å². The van der Waals surface area contributed by atoms with E-state index < -0.39 is 18.5 Å². The fourth-order valence-corrected chi connectivity index (χ4v) is 4.55. The van der Waals surface area contributed by atoms with Gasteiger partial charge in [-0.25, -0.2) is 4.79 Å². The van der Waals surface area contributed by atoms with Crippen LogP contribution in [-0.2, 0) is 19.1 Å². The molecule has 3 atom stereocenters. The number of esters is 1. The number of hydrogen-bond donors (Lipinski definition) is 1. The number of para-hydroxylation sites is 1. The van der Waals surface area contributed by atoms with Crippen LogP contribution in [0.2, 0.25) is 0 Å². The summed E-state index contributed by atoms with van der Waals surface area (Å²) in [5, 5.41) is 2.77. The van der Waals surface area contributed by atoms with Crippen LogP contribution in [0.5, 0.6) is 0 Å². The van der Waals surface area contributed by atoms with Gasteiger partial charge in [-0.05, 0) is 61.6 Å². The molecule has 7 nitrogen and oxygen atoms in total. The second-order valence-corrected chi connectivity index (χ2v) is 8.61. The molecule has 7 heteroatoms. The van der Waals surface area contributed by atoms with Gasteiger partial charge in [-0.3, -0.25) is 19.3 Å². The highest BCUT2D eigenvalue weighted by molar-refractivity contribution is 6.22. The Morgan fingerprint density at radius 1 is 1.03 bits per heavy atom. The van der Waals surface area contributed by atoms with Gasteiger partial charge in [0.1, 0.15) is 0 Å². The molecule has 1 fully saturated rings. The van der Waals surface area contributed by atoms with Crippen LogP contribution in [-0.4, -0.2) is 30.3 Å². The number of benzene rings is 2. The average Bonchev–Trinajstić information content (AvgIpc) is 3.06. The van der Waals surface area contributed by atoms with E-state index in [0.29, 0.717) is 17.8 Å². The number of allylic oxidation sites excluding steroid dienone is 2. The number of imide groups is 1. The van der Waals surface area contributed by atoms with Crippen LogP contribution in [0, 0.1) is 31.6 Å². The number of hydrogen-bond acceptors (Lipinski definition) is 5. The van der Waals surface area contributed by atoms with Crippen molar-refractivity contribution in [2.75, 3.05) is 16.8 Å². The lowest BCUT2D eigenvalue weighted by Crippen LogP contribution is -2.31. The Bertz CT molecular complexity index is 1130. The number of nitrogens with zero attached hydrogens (tertiary/aromatic N) is 1. The second kappa shape index (κ2) is 9.02. The fourth-order valence-electron chi connectivity index (χ4n) is 4.55. The number of rotatable bonds is 5. The van der Waals surface area contributed by atoms with Crippen molar-refractivity contribution in [1.29, 1.82) is 0 Å². The summed E-state index contributed by atoms with van der Waals surface area (Å²) in [5.74, 6) is -2.19. The van der Waals surface area contributed by atoms with Crippen LogP contribution < -0.4 is 10.2 Å². The molecule has 1 heterocycles. The minimum atomic E-state index is -0.663. The Kier molecular flexibility index (Phi) is 6.14. The largest absolute Gasteiger partial charge is 0.452 e. The van der Waals surface area contributed by atoms with Gasteiger partial charge in [0.2, 0.25) is 11.8 Å². The smallest absolute Gasteiger partial charge is 0.338 e. The first-order valence-electron chi connectivity index (χ1n) is 11.0. The molecular formula is C26H26N2O5. The van der Waals surface area contributed by atoms with Crippen LogP contribution in [0.3, 0.4) is 0 Å². The van der Waals surface area contributed by atoms with E-state index in [9.17, 15) is 19.2 Å². The molecule has 0 radical (unpaired) electrons. The Morgan fingerprint density at radius 3 is 2.33 bits per heavy atom. The van der Waals surface area contributed by atoms with E-state index in [0.717, 1.165) is 11.1 Å². The molecule has 0 spiro atoms. The molecular weight excluding hydrogens is 420 g/mol. The third kappa shape index (κ3) is 4.31. The van der Waals surface area contributed by atoms with Crippen molar-refractivity contribution in [2.24, 2.45) is 17.8 Å². The van der Waals surface area contributed by atoms with Crippen molar-refractivity contribution in [3.8, 4) is 0 Å². The normalized spacial score (nSPS) is 21.7. The summed E-state index contributed by atoms with van der Waals surface area (Å²) in [6.07, 6.45) is 4.49. The summed E-state index contributed by atoms with van der Waals surface area (Å²) >= 11 is 0. The van der Waals surface area contributed by atoms with Crippen LogP contribution in [0.1, 0.15) is 34.8 Å². The number of anilines is 2. The fraction of sp³-hybridized carbons (Fsp3) is 0.308. The number of carbonyl (C=O) groups excluding carboxylic acids is 4. The zero-order chi connectivity index (χ0) is 23.7. The number of fused-ring (bicyclic) bond motifs is 1. The topological polar surface area (TPSA) is 92.8 Å². The van der Waals surface area contributed by atoms with Crippen molar-refractivity contribution < 1.29 is 23.9 Å². The first kappa shape index (κ1) is 22.5. The summed E-state index contributed by atoms with van der Waals surface area (Å²) in [7, 11) is 0. The quantitative estimate of drug-likeness (QED) is 0.428. The van der Waals surface area contributed by atoms with Crippen LogP contribution >= 0.6 is 0 Å². The predicted molar refractivity (Wildman–Crippen MR) is 124 cm³/mol. The first-order valence-corrected chi connectivity index (χ1v) is 11.0. The minimum absolute atomic E-state index is 0.00839. The maximum atomic E-state index is 12.9. The average molecular weight is 447 g/mol. The van der Waals surface area contributed by atoms with Gasteiger partial charge >= 0.3 is 5.97 Å². The third-order valence-electron chi connectivity index (χ3n) is 6.31. The van der Waals surface area contributed by atoms with Gasteiger partial charge < -0.3 is 10.1 Å². The molecule has 1 N–H and O–H groups in total. The molecule has 0 bridgehead atoms. The molecule has 0 saturated carbocycles. The molecule has 4 rings (SSSR count). The number of carbonyl (C=O) groups is 4. The molecule has 33 heavy (non-hydrogen) atoms. The van der Waals surface area contributed by atoms with E-state index in [1.54, 1.807) is 12.1 Å². The number of amides is 3. The molecule has 0 unspecified atom stereocenters. The summed E-state index contributed by atoms with van der Waals surface area (Å²) < 4.78 is 5.13. The van der Waals surface area contributed by atoms with E-state index in [1.807, 2.05) is 51.1 Å². The first-order chi connectivity index (χ1) is 15.8. The SMILES string of the molecule is Cc1cccc(C)c1NC(=O)COC(=O)c1ccc(N2C(=O)[C@@H]3[C@H](C)C=CC[C@H]3C2=O)cc1. The van der Waals surface area contributed by atoms with Crippen LogP contribution in [0.25, 0.3) is 0 Å². The highest BCUT2D eigenvalue weighted by Crippen LogP contribution is 2.40. The van der Waals surface area contributed by atoms with E-state index >= 15 is 0 Å². The molecule has 170 valence electrons. The number of nitrogens with one attached hydrogen (secondary N) is 1. The maximum absolute atomic E-state index is 12.9. The van der Waals surface area contributed by atoms with E-state index in [4.69, 9.17) is 4.74 Å². The Labute approximate surface area is 192 Å². The molecule has 2 aliphatic rings. The summed E-state index contributed by atoms with van der Waals surface area (Å²) in [6.45, 7) is 5.29. The number of ether oxygens (including phenoxy) is 1. The summed E-state index contributed by atoms with van der Waals surface area (Å²) in [6, 6.07) is 11.8. The zero-order valence-corrected chi connectivity index (χ0v) is 18.8. The summed E-state index contributed by atoms with van der Waals surface area (Å²) in [4.78, 5) is 51.5. The van der Waals surface area contributed by atoms with Crippen LogP contribution in [0.4, 0.5) is 11.4 Å². The highest BCUT2D eigenvalue weighted by Gasteiger charge is 2.50. The molecule has 1 aliphatic heterocycles. The monoisotopic (exact) mass is 446 g/mol. The minimum Gasteiger partial charge on any atom is -0.452 e. The Hall–Kier alpha value is -3.74. The van der Waals surface area contributed by atoms with Gasteiger partial charge in [-0.1, -0.05) is 37.3 Å². The van der Waals surface area contributed by atoms with Gasteiger partial charge in [0, 0.05) is 5.69 Å². The van der Waals surface area contributed by atoms with Crippen molar-refractivity contribution in [3.63, 3.8) is 0 Å². The van der Waals surface area contributed by atoms with E-state index in [2.05, 4.69) is 5.32 Å². The lowest BCUT2D eigenvalue weighted by Gasteiger charge is -2.22. The van der Waals surface area contributed by atoms with Gasteiger partial charge in [0.25, 0.3) is 5.91 Å². The molecule has 2 aromatic rings. The van der Waals surface area contributed by atoms with Crippen LogP contribution in [0.15, 0.2) is 54.6 Å². The van der Waals surface area contributed by atoms with Gasteiger partial charge in [0.05, 0.1) is 23.1 Å². The molecule has 2 aromatic carbocycles. The maximum Gasteiger partial charge on any atom is 0.338 e. The summed E-state index contributed by atoms with van der Waals surface area (Å²) in [5.41, 5.74) is 3.19. The van der Waals surface area contributed by atoms with Gasteiger partial charge in [-0.15, -0.1) is 0 Å². The number of aryl methyl sites for hydroxylation is 2. The lowest BCUT2D eigenvalue weighted by molar-refractivity contribution is -0.123.